The van der Waals surface area contributed by atoms with E-state index in [0.717, 1.165) is 0 Å². The second-order valence-electron chi connectivity index (χ2n) is 3.09. The molecule has 0 atom stereocenters. The zero-order valence-electron chi connectivity index (χ0n) is 8.39. The number of carbonyl (C=O) groups excluding carboxylic acids is 1. The van der Waals surface area contributed by atoms with Crippen molar-refractivity contribution in [2.75, 3.05) is 18.4 Å². The number of aryl methyl sites for hydroxylation is 1. The Balaban J connectivity index is 2.26. The summed E-state index contributed by atoms with van der Waals surface area (Å²) in [5.74, 6) is 0.0624. The molecule has 0 aliphatic heterocycles. The van der Waals surface area contributed by atoms with E-state index in [-0.39, 0.29) is 5.82 Å². The summed E-state index contributed by atoms with van der Waals surface area (Å²) in [6.45, 7) is -0.0196. The van der Waals surface area contributed by atoms with Gasteiger partial charge in [0.05, 0.1) is 13.1 Å². The number of nitrogens with one attached hydrogen (secondary N) is 2. The number of anilines is 1. The van der Waals surface area contributed by atoms with Gasteiger partial charge in [0.1, 0.15) is 5.76 Å². The van der Waals surface area contributed by atoms with E-state index in [9.17, 15) is 18.0 Å². The van der Waals surface area contributed by atoms with Gasteiger partial charge in [-0.15, -0.1) is 0 Å². The molecule has 0 aliphatic rings. The van der Waals surface area contributed by atoms with Crippen molar-refractivity contribution < 1.29 is 22.5 Å². The maximum Gasteiger partial charge on any atom is 0.401 e. The summed E-state index contributed by atoms with van der Waals surface area (Å²) in [7, 11) is 0. The molecule has 1 aromatic heterocycles. The van der Waals surface area contributed by atoms with Gasteiger partial charge in [-0.2, -0.15) is 13.2 Å². The average Bonchev–Trinajstić information content (AvgIpc) is 2.48. The maximum atomic E-state index is 11.7. The van der Waals surface area contributed by atoms with Crippen LogP contribution in [0.2, 0.25) is 0 Å². The summed E-state index contributed by atoms with van der Waals surface area (Å²) in [4.78, 5) is 11.1. The molecule has 1 rings (SSSR count). The van der Waals surface area contributed by atoms with Gasteiger partial charge in [0, 0.05) is 6.07 Å². The van der Waals surface area contributed by atoms with E-state index in [4.69, 9.17) is 0 Å². The third-order valence-corrected chi connectivity index (χ3v) is 1.51. The van der Waals surface area contributed by atoms with Gasteiger partial charge in [-0.1, -0.05) is 5.16 Å². The first-order chi connectivity index (χ1) is 7.37. The van der Waals surface area contributed by atoms with E-state index < -0.39 is 25.2 Å². The Morgan fingerprint density at radius 2 is 2.25 bits per heavy atom. The van der Waals surface area contributed by atoms with Gasteiger partial charge < -0.3 is 15.2 Å². The fraction of sp³-hybridized carbons (Fsp3) is 0.500. The maximum absolute atomic E-state index is 11.7. The van der Waals surface area contributed by atoms with Crippen molar-refractivity contribution in [3.63, 3.8) is 0 Å². The molecular weight excluding hydrogens is 227 g/mol. The Morgan fingerprint density at radius 3 is 2.75 bits per heavy atom. The highest BCUT2D eigenvalue weighted by atomic mass is 19.4. The summed E-state index contributed by atoms with van der Waals surface area (Å²) in [5.41, 5.74) is 0. The summed E-state index contributed by atoms with van der Waals surface area (Å²) in [6.07, 6.45) is -4.33. The molecule has 0 radical (unpaired) electrons. The van der Waals surface area contributed by atoms with Gasteiger partial charge >= 0.3 is 6.18 Å². The molecule has 0 aliphatic carbocycles. The number of halogens is 3. The second kappa shape index (κ2) is 4.97. The Morgan fingerprint density at radius 1 is 1.56 bits per heavy atom. The number of nitrogens with zero attached hydrogens (tertiary/aromatic N) is 1. The van der Waals surface area contributed by atoms with Crippen LogP contribution in [0.15, 0.2) is 10.6 Å². The molecular formula is C8H10F3N3O2. The van der Waals surface area contributed by atoms with Crippen LogP contribution in [-0.4, -0.2) is 30.3 Å². The van der Waals surface area contributed by atoms with Crippen molar-refractivity contribution in [2.45, 2.75) is 13.1 Å². The topological polar surface area (TPSA) is 67.2 Å². The van der Waals surface area contributed by atoms with Crippen LogP contribution in [0.4, 0.5) is 19.0 Å². The van der Waals surface area contributed by atoms with Crippen LogP contribution in [-0.2, 0) is 4.79 Å². The van der Waals surface area contributed by atoms with E-state index in [2.05, 4.69) is 15.0 Å². The minimum Gasteiger partial charge on any atom is -0.360 e. The standard InChI is InChI=1S/C8H10F3N3O2/c1-5-2-6(14-16-5)13-7(15)3-12-4-8(9,10)11/h2,12H,3-4H2,1H3,(H,13,14,15). The SMILES string of the molecule is Cc1cc(NC(=O)CNCC(F)(F)F)no1. The molecule has 16 heavy (non-hydrogen) atoms. The molecule has 1 heterocycles. The van der Waals surface area contributed by atoms with E-state index in [1.165, 1.54) is 6.07 Å². The fourth-order valence-corrected chi connectivity index (χ4v) is 0.930. The molecule has 0 fully saturated rings. The summed E-state index contributed by atoms with van der Waals surface area (Å²) in [5, 5.41) is 7.69. The van der Waals surface area contributed by atoms with Gasteiger partial charge in [-0.25, -0.2) is 0 Å². The van der Waals surface area contributed by atoms with Crippen molar-refractivity contribution in [3.05, 3.63) is 11.8 Å². The van der Waals surface area contributed by atoms with Crippen molar-refractivity contribution in [3.8, 4) is 0 Å². The first-order valence-electron chi connectivity index (χ1n) is 4.37. The van der Waals surface area contributed by atoms with Gasteiger partial charge in [-0.3, -0.25) is 4.79 Å². The van der Waals surface area contributed by atoms with Crippen molar-refractivity contribution in [2.24, 2.45) is 0 Å². The van der Waals surface area contributed by atoms with Crippen molar-refractivity contribution in [1.82, 2.24) is 10.5 Å². The Bertz CT molecular complexity index is 362. The number of carbonyl (C=O) groups is 1. The van der Waals surface area contributed by atoms with Crippen LogP contribution >= 0.6 is 0 Å². The first-order valence-corrected chi connectivity index (χ1v) is 4.37. The number of hydrogen-bond acceptors (Lipinski definition) is 4. The normalized spacial score (nSPS) is 11.5. The highest BCUT2D eigenvalue weighted by molar-refractivity contribution is 5.91. The lowest BCUT2D eigenvalue weighted by molar-refractivity contribution is -0.126. The summed E-state index contributed by atoms with van der Waals surface area (Å²) >= 11 is 0. The summed E-state index contributed by atoms with van der Waals surface area (Å²) in [6, 6.07) is 1.46. The quantitative estimate of drug-likeness (QED) is 0.822. The number of aromatic nitrogens is 1. The smallest absolute Gasteiger partial charge is 0.360 e. The Hall–Kier alpha value is -1.57. The van der Waals surface area contributed by atoms with Crippen molar-refractivity contribution in [1.29, 1.82) is 0 Å². The molecule has 0 saturated heterocycles. The lowest BCUT2D eigenvalue weighted by Gasteiger charge is -2.07. The molecule has 0 bridgehead atoms. The average molecular weight is 237 g/mol. The first kappa shape index (κ1) is 12.5. The third-order valence-electron chi connectivity index (χ3n) is 1.51. The second-order valence-corrected chi connectivity index (χ2v) is 3.09. The van der Waals surface area contributed by atoms with Crippen LogP contribution in [0.3, 0.4) is 0 Å². The number of rotatable bonds is 4. The highest BCUT2D eigenvalue weighted by Crippen LogP contribution is 2.12. The predicted octanol–water partition coefficient (Wildman–Crippen LogP) is 1.07. The molecule has 90 valence electrons. The van der Waals surface area contributed by atoms with Crippen LogP contribution in [0.25, 0.3) is 0 Å². The fourth-order valence-electron chi connectivity index (χ4n) is 0.930. The molecule has 1 aromatic rings. The molecule has 0 spiro atoms. The zero-order chi connectivity index (χ0) is 12.2. The Labute approximate surface area is 89.0 Å². The molecule has 5 nitrogen and oxygen atoms in total. The van der Waals surface area contributed by atoms with Gasteiger partial charge in [0.15, 0.2) is 5.82 Å². The van der Waals surface area contributed by atoms with Gasteiger partial charge in [-0.05, 0) is 6.92 Å². The molecule has 1 amide bonds. The molecule has 0 aromatic carbocycles. The summed E-state index contributed by atoms with van der Waals surface area (Å²) < 4.78 is 39.8. The monoisotopic (exact) mass is 237 g/mol. The van der Waals surface area contributed by atoms with E-state index in [0.29, 0.717) is 5.76 Å². The lowest BCUT2D eigenvalue weighted by atomic mass is 10.4. The Kier molecular flexibility index (Phi) is 3.88. The minimum absolute atomic E-state index is 0.177. The molecule has 8 heteroatoms. The number of amides is 1. The van der Waals surface area contributed by atoms with E-state index in [1.54, 1.807) is 6.92 Å². The molecule has 0 saturated carbocycles. The van der Waals surface area contributed by atoms with Crippen LogP contribution in [0, 0.1) is 6.92 Å². The van der Waals surface area contributed by atoms with E-state index in [1.807, 2.05) is 5.32 Å². The zero-order valence-corrected chi connectivity index (χ0v) is 8.39. The highest BCUT2D eigenvalue weighted by Gasteiger charge is 2.26. The van der Waals surface area contributed by atoms with Crippen LogP contribution in [0.5, 0.6) is 0 Å². The lowest BCUT2D eigenvalue weighted by Crippen LogP contribution is -2.35. The predicted molar refractivity (Wildman–Crippen MR) is 48.8 cm³/mol. The van der Waals surface area contributed by atoms with Crippen LogP contribution < -0.4 is 10.6 Å². The molecule has 0 unspecified atom stereocenters. The van der Waals surface area contributed by atoms with Gasteiger partial charge in [0.25, 0.3) is 0 Å². The van der Waals surface area contributed by atoms with E-state index >= 15 is 0 Å². The van der Waals surface area contributed by atoms with Crippen LogP contribution in [0.1, 0.15) is 5.76 Å². The minimum atomic E-state index is -4.33. The van der Waals surface area contributed by atoms with Gasteiger partial charge in [0.2, 0.25) is 5.91 Å². The largest absolute Gasteiger partial charge is 0.401 e. The third kappa shape index (κ3) is 4.78. The molecule has 2 N–H and O–H groups in total. The number of alkyl halides is 3. The van der Waals surface area contributed by atoms with Crippen molar-refractivity contribution >= 4 is 11.7 Å². The number of hydrogen-bond donors (Lipinski definition) is 2.